The first-order valence-corrected chi connectivity index (χ1v) is 9.41. The molecule has 1 aliphatic rings. The van der Waals surface area contributed by atoms with E-state index in [0.717, 1.165) is 17.8 Å². The molecule has 2 unspecified atom stereocenters. The van der Waals surface area contributed by atoms with Crippen molar-refractivity contribution in [1.29, 1.82) is 0 Å². The van der Waals surface area contributed by atoms with Gasteiger partial charge in [0.25, 0.3) is 0 Å². The third kappa shape index (κ3) is 5.57. The molecule has 1 heterocycles. The highest BCUT2D eigenvalue weighted by molar-refractivity contribution is 7.07. The van der Waals surface area contributed by atoms with Crippen LogP contribution < -0.4 is 5.32 Å². The Morgan fingerprint density at radius 2 is 2.00 bits per heavy atom. The molecule has 1 aliphatic carbocycles. The van der Waals surface area contributed by atoms with E-state index in [9.17, 15) is 0 Å². The summed E-state index contributed by atoms with van der Waals surface area (Å²) in [7, 11) is 0. The van der Waals surface area contributed by atoms with E-state index in [1.807, 2.05) is 11.3 Å². The molecule has 2 atom stereocenters. The molecular formula is C18H31NS. The zero-order chi connectivity index (χ0) is 14.2. The largest absolute Gasteiger partial charge is 0.316 e. The predicted octanol–water partition coefficient (Wildman–Crippen LogP) is 5.12. The van der Waals surface area contributed by atoms with Crippen LogP contribution in [0.4, 0.5) is 0 Å². The highest BCUT2D eigenvalue weighted by atomic mass is 32.1. The van der Waals surface area contributed by atoms with Crippen LogP contribution in [0.25, 0.3) is 0 Å². The summed E-state index contributed by atoms with van der Waals surface area (Å²) in [6.45, 7) is 7.02. The normalized spacial score (nSPS) is 23.9. The van der Waals surface area contributed by atoms with E-state index in [4.69, 9.17) is 0 Å². The fraction of sp³-hybridized carbons (Fsp3) is 0.778. The second-order valence-electron chi connectivity index (χ2n) is 6.88. The van der Waals surface area contributed by atoms with Gasteiger partial charge in [0, 0.05) is 0 Å². The van der Waals surface area contributed by atoms with E-state index in [1.165, 1.54) is 58.0 Å². The second-order valence-corrected chi connectivity index (χ2v) is 7.66. The lowest BCUT2D eigenvalue weighted by Crippen LogP contribution is -2.30. The quantitative estimate of drug-likeness (QED) is 0.688. The van der Waals surface area contributed by atoms with Crippen molar-refractivity contribution in [3.05, 3.63) is 22.4 Å². The minimum Gasteiger partial charge on any atom is -0.316 e. The van der Waals surface area contributed by atoms with Crippen molar-refractivity contribution in [2.75, 3.05) is 13.1 Å². The Morgan fingerprint density at radius 3 is 2.70 bits per heavy atom. The first-order chi connectivity index (χ1) is 9.75. The predicted molar refractivity (Wildman–Crippen MR) is 90.4 cm³/mol. The molecule has 1 N–H and O–H groups in total. The molecule has 1 saturated carbocycles. The zero-order valence-corrected chi connectivity index (χ0v) is 14.1. The molecule has 20 heavy (non-hydrogen) atoms. The molecule has 0 saturated heterocycles. The highest BCUT2D eigenvalue weighted by Crippen LogP contribution is 2.32. The minimum atomic E-state index is 0.769. The topological polar surface area (TPSA) is 12.0 Å². The molecule has 0 radical (unpaired) electrons. The van der Waals surface area contributed by atoms with Gasteiger partial charge in [0.05, 0.1) is 0 Å². The third-order valence-electron chi connectivity index (χ3n) is 4.66. The van der Waals surface area contributed by atoms with Crippen molar-refractivity contribution in [3.63, 3.8) is 0 Å². The van der Waals surface area contributed by atoms with Gasteiger partial charge in [-0.1, -0.05) is 39.5 Å². The maximum atomic E-state index is 3.71. The molecule has 1 nitrogen and oxygen atoms in total. The summed E-state index contributed by atoms with van der Waals surface area (Å²) in [5, 5.41) is 8.24. The van der Waals surface area contributed by atoms with Gasteiger partial charge in [-0.25, -0.2) is 0 Å². The van der Waals surface area contributed by atoms with Crippen LogP contribution in [0.3, 0.4) is 0 Å². The van der Waals surface area contributed by atoms with Crippen LogP contribution in [0.5, 0.6) is 0 Å². The summed E-state index contributed by atoms with van der Waals surface area (Å²) in [4.78, 5) is 0. The number of thiophene rings is 1. The molecule has 0 bridgehead atoms. The molecule has 0 amide bonds. The average molecular weight is 294 g/mol. The monoisotopic (exact) mass is 293 g/mol. The van der Waals surface area contributed by atoms with Crippen molar-refractivity contribution in [2.45, 2.75) is 58.8 Å². The number of hydrogen-bond donors (Lipinski definition) is 1. The maximum absolute atomic E-state index is 3.71. The second kappa shape index (κ2) is 8.84. The van der Waals surface area contributed by atoms with Gasteiger partial charge >= 0.3 is 0 Å². The Kier molecular flexibility index (Phi) is 7.09. The van der Waals surface area contributed by atoms with Crippen molar-refractivity contribution < 1.29 is 0 Å². The van der Waals surface area contributed by atoms with E-state index in [1.54, 1.807) is 5.56 Å². The first kappa shape index (κ1) is 16.0. The van der Waals surface area contributed by atoms with Gasteiger partial charge in [0.1, 0.15) is 0 Å². The summed E-state index contributed by atoms with van der Waals surface area (Å²) < 4.78 is 0. The fourth-order valence-electron chi connectivity index (χ4n) is 3.45. The Morgan fingerprint density at radius 1 is 1.20 bits per heavy atom. The fourth-order valence-corrected chi connectivity index (χ4v) is 4.16. The maximum Gasteiger partial charge on any atom is -0.00178 e. The average Bonchev–Trinajstić information content (AvgIpc) is 2.84. The molecule has 114 valence electrons. The lowest BCUT2D eigenvalue weighted by atomic mass is 9.83. The lowest BCUT2D eigenvalue weighted by Gasteiger charge is -2.26. The van der Waals surface area contributed by atoms with Gasteiger partial charge in [-0.3, -0.25) is 0 Å². The van der Waals surface area contributed by atoms with E-state index in [2.05, 4.69) is 36.0 Å². The van der Waals surface area contributed by atoms with Gasteiger partial charge in [-0.2, -0.15) is 11.3 Å². The number of nitrogens with one attached hydrogen (secondary N) is 1. The smallest absolute Gasteiger partial charge is 0.00178 e. The van der Waals surface area contributed by atoms with Crippen molar-refractivity contribution >= 4 is 11.3 Å². The summed E-state index contributed by atoms with van der Waals surface area (Å²) in [6.07, 6.45) is 9.94. The molecule has 1 fully saturated rings. The molecule has 2 heteroatoms. The third-order valence-corrected chi connectivity index (χ3v) is 5.39. The summed E-state index contributed by atoms with van der Waals surface area (Å²) >= 11 is 1.84. The molecular weight excluding hydrogens is 262 g/mol. The van der Waals surface area contributed by atoms with E-state index in [-0.39, 0.29) is 0 Å². The molecule has 1 aromatic heterocycles. The molecule has 0 aliphatic heterocycles. The summed E-state index contributed by atoms with van der Waals surface area (Å²) in [6, 6.07) is 2.30. The van der Waals surface area contributed by atoms with Gasteiger partial charge in [-0.15, -0.1) is 0 Å². The van der Waals surface area contributed by atoms with Gasteiger partial charge in [0.2, 0.25) is 0 Å². The Labute approximate surface area is 129 Å². The standard InChI is InChI=1S/C18H31NS/c1-15(2)12-19-13-18-7-5-3-4-6-17(18)9-8-16-10-11-20-14-16/h10-11,14-15,17-19H,3-9,12-13H2,1-2H3. The van der Waals surface area contributed by atoms with Crippen molar-refractivity contribution in [3.8, 4) is 0 Å². The number of rotatable bonds is 7. The molecule has 0 spiro atoms. The number of aryl methyl sites for hydroxylation is 1. The van der Waals surface area contributed by atoms with Gasteiger partial charge in [0.15, 0.2) is 0 Å². The summed E-state index contributed by atoms with van der Waals surface area (Å²) in [5.41, 5.74) is 1.55. The van der Waals surface area contributed by atoms with Crippen LogP contribution in [0, 0.1) is 17.8 Å². The Hall–Kier alpha value is -0.340. The molecule has 1 aromatic rings. The Bertz CT molecular complexity index is 344. The highest BCUT2D eigenvalue weighted by Gasteiger charge is 2.23. The Balaban J connectivity index is 1.80. The van der Waals surface area contributed by atoms with E-state index in [0.29, 0.717) is 0 Å². The van der Waals surface area contributed by atoms with Crippen LogP contribution >= 0.6 is 11.3 Å². The lowest BCUT2D eigenvalue weighted by molar-refractivity contribution is 0.280. The van der Waals surface area contributed by atoms with Crippen LogP contribution in [0.15, 0.2) is 16.8 Å². The SMILES string of the molecule is CC(C)CNCC1CCCCCC1CCc1ccsc1. The number of hydrogen-bond acceptors (Lipinski definition) is 2. The zero-order valence-electron chi connectivity index (χ0n) is 13.2. The van der Waals surface area contributed by atoms with Crippen LogP contribution in [0.1, 0.15) is 57.9 Å². The van der Waals surface area contributed by atoms with Crippen LogP contribution in [-0.2, 0) is 6.42 Å². The van der Waals surface area contributed by atoms with Gasteiger partial charge < -0.3 is 5.32 Å². The van der Waals surface area contributed by atoms with Gasteiger partial charge in [-0.05, 0) is 72.5 Å². The van der Waals surface area contributed by atoms with Crippen molar-refractivity contribution in [2.24, 2.45) is 17.8 Å². The minimum absolute atomic E-state index is 0.769. The molecule has 2 rings (SSSR count). The van der Waals surface area contributed by atoms with Crippen LogP contribution in [0.2, 0.25) is 0 Å². The van der Waals surface area contributed by atoms with E-state index < -0.39 is 0 Å². The van der Waals surface area contributed by atoms with Crippen LogP contribution in [-0.4, -0.2) is 13.1 Å². The summed E-state index contributed by atoms with van der Waals surface area (Å²) in [5.74, 6) is 2.62. The first-order valence-electron chi connectivity index (χ1n) is 8.47. The van der Waals surface area contributed by atoms with E-state index >= 15 is 0 Å². The van der Waals surface area contributed by atoms with Crippen molar-refractivity contribution in [1.82, 2.24) is 5.32 Å². The molecule has 0 aromatic carbocycles.